The first kappa shape index (κ1) is 24.5. The molecule has 1 fully saturated rings. The number of ketones is 1. The number of carboxylic acids is 2. The van der Waals surface area contributed by atoms with E-state index in [1.807, 2.05) is 17.5 Å². The number of alkyl halides is 3. The van der Waals surface area contributed by atoms with Crippen LogP contribution in [0.2, 0.25) is 0 Å². The Labute approximate surface area is 180 Å². The van der Waals surface area contributed by atoms with Crippen LogP contribution in [0.4, 0.5) is 13.2 Å². The highest BCUT2D eigenvalue weighted by Gasteiger charge is 2.30. The van der Waals surface area contributed by atoms with E-state index in [1.54, 1.807) is 6.07 Å². The van der Waals surface area contributed by atoms with Crippen LogP contribution in [0.5, 0.6) is 0 Å². The van der Waals surface area contributed by atoms with Gasteiger partial charge in [-0.2, -0.15) is 13.2 Å². The molecule has 3 rings (SSSR count). The number of hydrogen-bond donors (Lipinski definition) is 2. The number of aliphatic carboxylic acids is 2. The molecule has 7 nitrogen and oxygen atoms in total. The van der Waals surface area contributed by atoms with Crippen molar-refractivity contribution in [2.24, 2.45) is 0 Å². The van der Waals surface area contributed by atoms with Crippen molar-refractivity contribution in [3.05, 3.63) is 57.8 Å². The fourth-order valence-electron chi connectivity index (χ4n) is 2.93. The molecule has 0 aliphatic carbocycles. The van der Waals surface area contributed by atoms with Crippen molar-refractivity contribution in [1.82, 2.24) is 9.80 Å². The van der Waals surface area contributed by atoms with Gasteiger partial charge in [0.15, 0.2) is 5.78 Å². The van der Waals surface area contributed by atoms with Gasteiger partial charge in [0, 0.05) is 32.7 Å². The Morgan fingerprint density at radius 2 is 1.55 bits per heavy atom. The molecule has 0 atom stereocenters. The molecule has 0 amide bonds. The van der Waals surface area contributed by atoms with Crippen molar-refractivity contribution in [3.63, 3.8) is 0 Å². The number of Topliss-reactive ketones (excluding diaryl/α,β-unsaturated/α-hetero) is 1. The van der Waals surface area contributed by atoms with Crippen LogP contribution in [0, 0.1) is 0 Å². The van der Waals surface area contributed by atoms with Gasteiger partial charge in [-0.15, -0.1) is 11.3 Å². The summed E-state index contributed by atoms with van der Waals surface area (Å²) in [6.45, 7) is 3.88. The maximum Gasteiger partial charge on any atom is 0.416 e. The first-order valence-corrected chi connectivity index (χ1v) is 10.1. The van der Waals surface area contributed by atoms with Crippen molar-refractivity contribution in [2.75, 3.05) is 32.7 Å². The number of halogens is 3. The Kier molecular flexibility index (Phi) is 8.72. The van der Waals surface area contributed by atoms with Gasteiger partial charge in [-0.1, -0.05) is 24.3 Å². The molecule has 11 heteroatoms. The highest BCUT2D eigenvalue weighted by atomic mass is 32.1. The lowest BCUT2D eigenvalue weighted by molar-refractivity contribution is -0.159. The number of piperazine rings is 1. The maximum absolute atomic E-state index is 12.8. The zero-order chi connectivity index (χ0) is 23.0. The molecule has 0 spiro atoms. The molecule has 31 heavy (non-hydrogen) atoms. The Bertz CT molecular complexity index is 882. The molecule has 0 radical (unpaired) electrons. The van der Waals surface area contributed by atoms with Gasteiger partial charge in [0.25, 0.3) is 0 Å². The van der Waals surface area contributed by atoms with E-state index < -0.39 is 23.7 Å². The largest absolute Gasteiger partial charge is 0.473 e. The monoisotopic (exact) mass is 458 g/mol. The second-order valence-electron chi connectivity index (χ2n) is 6.76. The van der Waals surface area contributed by atoms with E-state index in [9.17, 15) is 18.0 Å². The van der Waals surface area contributed by atoms with E-state index in [4.69, 9.17) is 19.8 Å². The molecule has 0 saturated carbocycles. The van der Waals surface area contributed by atoms with Crippen molar-refractivity contribution < 1.29 is 37.8 Å². The van der Waals surface area contributed by atoms with E-state index >= 15 is 0 Å². The van der Waals surface area contributed by atoms with Crippen LogP contribution >= 0.6 is 11.3 Å². The summed E-state index contributed by atoms with van der Waals surface area (Å²) >= 11 is 1.45. The summed E-state index contributed by atoms with van der Waals surface area (Å²) in [5.41, 5.74) is 0.0584. The Morgan fingerprint density at radius 1 is 0.935 bits per heavy atom. The van der Waals surface area contributed by atoms with Gasteiger partial charge in [0.1, 0.15) is 0 Å². The number of carbonyl (C=O) groups excluding carboxylic acids is 1. The molecular formula is C20H21F3N2O5S. The number of hydrogen-bond acceptors (Lipinski definition) is 6. The molecule has 1 aromatic heterocycles. The minimum Gasteiger partial charge on any atom is -0.473 e. The average molecular weight is 458 g/mol. The first-order valence-electron chi connectivity index (χ1n) is 9.20. The van der Waals surface area contributed by atoms with E-state index in [2.05, 4.69) is 9.80 Å². The molecule has 2 heterocycles. The highest BCUT2D eigenvalue weighted by Crippen LogP contribution is 2.29. The molecule has 1 aliphatic heterocycles. The van der Waals surface area contributed by atoms with E-state index in [1.165, 1.54) is 23.5 Å². The molecule has 2 N–H and O–H groups in total. The first-order chi connectivity index (χ1) is 14.6. The van der Waals surface area contributed by atoms with Crippen molar-refractivity contribution in [3.8, 4) is 0 Å². The highest BCUT2D eigenvalue weighted by molar-refractivity contribution is 7.12. The van der Waals surface area contributed by atoms with Gasteiger partial charge < -0.3 is 10.2 Å². The van der Waals surface area contributed by atoms with Crippen molar-refractivity contribution in [2.45, 2.75) is 12.7 Å². The van der Waals surface area contributed by atoms with Crippen LogP contribution in [0.3, 0.4) is 0 Å². The second-order valence-corrected chi connectivity index (χ2v) is 7.71. The third-order valence-corrected chi connectivity index (χ3v) is 5.38. The van der Waals surface area contributed by atoms with E-state index in [0.717, 1.165) is 37.1 Å². The number of carboxylic acid groups (broad SMARTS) is 2. The summed E-state index contributed by atoms with van der Waals surface area (Å²) in [5, 5.41) is 16.7. The number of rotatable bonds is 5. The van der Waals surface area contributed by atoms with Crippen LogP contribution in [-0.2, 0) is 22.3 Å². The van der Waals surface area contributed by atoms with Crippen LogP contribution in [0.1, 0.15) is 20.8 Å². The minimum atomic E-state index is -4.31. The van der Waals surface area contributed by atoms with Crippen LogP contribution in [-0.4, -0.2) is 70.5 Å². The molecule has 0 bridgehead atoms. The van der Waals surface area contributed by atoms with Crippen molar-refractivity contribution in [1.29, 1.82) is 0 Å². The van der Waals surface area contributed by atoms with E-state index in [-0.39, 0.29) is 5.78 Å². The number of carbonyl (C=O) groups is 3. The van der Waals surface area contributed by atoms with Gasteiger partial charge >= 0.3 is 18.1 Å². The number of thiophene rings is 1. The molecular weight excluding hydrogens is 437 g/mol. The lowest BCUT2D eigenvalue weighted by Crippen LogP contribution is -2.47. The summed E-state index contributed by atoms with van der Waals surface area (Å²) in [7, 11) is 0. The zero-order valence-corrected chi connectivity index (χ0v) is 17.2. The van der Waals surface area contributed by atoms with Gasteiger partial charge in [-0.05, 0) is 23.1 Å². The summed E-state index contributed by atoms with van der Waals surface area (Å²) in [6.07, 6.45) is -4.31. The predicted octanol–water partition coefficient (Wildman–Crippen LogP) is 2.92. The lowest BCUT2D eigenvalue weighted by atomic mass is 10.1. The van der Waals surface area contributed by atoms with Crippen molar-refractivity contribution >= 4 is 29.1 Å². The molecule has 1 saturated heterocycles. The van der Waals surface area contributed by atoms with Gasteiger partial charge in [-0.3, -0.25) is 14.6 Å². The topological polar surface area (TPSA) is 98.2 Å². The molecule has 1 aliphatic rings. The second kappa shape index (κ2) is 11.0. The minimum absolute atomic E-state index is 0.126. The number of benzene rings is 1. The summed E-state index contributed by atoms with van der Waals surface area (Å²) in [6, 6.07) is 9.18. The Morgan fingerprint density at radius 3 is 2.06 bits per heavy atom. The fraction of sp³-hybridized carbons (Fsp3) is 0.350. The van der Waals surface area contributed by atoms with Crippen LogP contribution in [0.15, 0.2) is 41.8 Å². The average Bonchev–Trinajstić information content (AvgIpc) is 3.24. The van der Waals surface area contributed by atoms with Crippen LogP contribution in [0.25, 0.3) is 0 Å². The summed E-state index contributed by atoms with van der Waals surface area (Å²) < 4.78 is 38.4. The number of nitrogens with zero attached hydrogens (tertiary/aromatic N) is 2. The summed E-state index contributed by atoms with van der Waals surface area (Å²) in [4.78, 5) is 35.3. The third kappa shape index (κ3) is 8.12. The maximum atomic E-state index is 12.8. The zero-order valence-electron chi connectivity index (χ0n) is 16.3. The summed E-state index contributed by atoms with van der Waals surface area (Å²) in [5.74, 6) is -3.52. The molecule has 2 aromatic rings. The third-order valence-electron chi connectivity index (χ3n) is 4.47. The quantitative estimate of drug-likeness (QED) is 0.525. The predicted molar refractivity (Wildman–Crippen MR) is 107 cm³/mol. The van der Waals surface area contributed by atoms with Crippen LogP contribution < -0.4 is 0 Å². The fourth-order valence-corrected chi connectivity index (χ4v) is 3.58. The van der Waals surface area contributed by atoms with Gasteiger partial charge in [-0.25, -0.2) is 9.59 Å². The Hall–Kier alpha value is -2.76. The molecule has 0 unspecified atom stereocenters. The normalized spacial score (nSPS) is 15.1. The van der Waals surface area contributed by atoms with E-state index in [0.29, 0.717) is 18.7 Å². The Balaban J connectivity index is 0.000000501. The molecule has 1 aromatic carbocycles. The van der Waals surface area contributed by atoms with Gasteiger partial charge in [0.2, 0.25) is 0 Å². The van der Waals surface area contributed by atoms with Gasteiger partial charge in [0.05, 0.1) is 17.0 Å². The lowest BCUT2D eigenvalue weighted by Gasteiger charge is -2.34. The standard InChI is InChI=1S/C18H19F3N2OS.C2H2O4/c19-18(20,21)15-4-1-3-14(11-15)12-22-6-8-23(9-7-22)13-16(24)17-5-2-10-25-17;3-1(4)2(5)6/h1-5,10-11H,6-9,12-13H2;(H,3,4)(H,5,6). The smallest absolute Gasteiger partial charge is 0.416 e. The molecule has 168 valence electrons. The SMILES string of the molecule is O=C(CN1CCN(Cc2cccc(C(F)(F)F)c2)CC1)c1cccs1.O=C(O)C(=O)O.